The average molecular weight is 169 g/mol. The quantitative estimate of drug-likeness (QED) is 0.605. The Balaban J connectivity index is 2.27. The number of hydrogen-bond acceptors (Lipinski definition) is 2. The Morgan fingerprint density at radius 2 is 2.00 bits per heavy atom. The van der Waals surface area contributed by atoms with Crippen LogP contribution < -0.4 is 0 Å². The predicted molar refractivity (Wildman–Crippen MR) is 40.5 cm³/mol. The number of piperidine rings is 3. The lowest BCUT2D eigenvalue weighted by molar-refractivity contribution is -0.165. The Kier molecular flexibility index (Phi) is 1.40. The summed E-state index contributed by atoms with van der Waals surface area (Å²) in [5, 5.41) is 8.96. The van der Waals surface area contributed by atoms with Crippen LogP contribution in [0.5, 0.6) is 0 Å². The summed E-state index contributed by atoms with van der Waals surface area (Å²) in [5.74, 6) is -0.787. The van der Waals surface area contributed by atoms with Gasteiger partial charge < -0.3 is 10.0 Å². The molecule has 3 rings (SSSR count). The molecule has 3 saturated heterocycles. The van der Waals surface area contributed by atoms with Crippen LogP contribution in [0.25, 0.3) is 0 Å². The van der Waals surface area contributed by atoms with E-state index in [0.717, 1.165) is 0 Å². The summed E-state index contributed by atoms with van der Waals surface area (Å²) in [7, 11) is 0. The van der Waals surface area contributed by atoms with Crippen molar-refractivity contribution in [1.29, 1.82) is 0 Å². The minimum absolute atomic E-state index is 0.00917. The first-order valence-corrected chi connectivity index (χ1v) is 4.15. The Hall–Kier alpha value is -1.06. The van der Waals surface area contributed by atoms with Crippen LogP contribution in [0.1, 0.15) is 19.3 Å². The van der Waals surface area contributed by atoms with Crippen LogP contribution in [0.4, 0.5) is 0 Å². The maximum absolute atomic E-state index is 11.2. The van der Waals surface area contributed by atoms with E-state index in [1.54, 1.807) is 4.90 Å². The number of carbonyl (C=O) groups excluding carboxylic acids is 1. The van der Waals surface area contributed by atoms with E-state index in [0.29, 0.717) is 25.9 Å². The van der Waals surface area contributed by atoms with Gasteiger partial charge in [-0.3, -0.25) is 9.59 Å². The molecule has 0 aromatic rings. The maximum Gasteiger partial charge on any atom is 0.310 e. The van der Waals surface area contributed by atoms with E-state index >= 15 is 0 Å². The van der Waals surface area contributed by atoms with E-state index in [4.69, 9.17) is 5.11 Å². The molecule has 0 aromatic heterocycles. The highest BCUT2D eigenvalue weighted by molar-refractivity contribution is 5.87. The molecule has 0 saturated carbocycles. The number of carbonyl (C=O) groups is 2. The molecular formula is C8H11NO3. The summed E-state index contributed by atoms with van der Waals surface area (Å²) in [4.78, 5) is 23.9. The topological polar surface area (TPSA) is 57.6 Å². The lowest BCUT2D eigenvalue weighted by Gasteiger charge is -2.44. The minimum Gasteiger partial charge on any atom is -0.481 e. The summed E-state index contributed by atoms with van der Waals surface area (Å²) in [6, 6.07) is 0. The molecule has 4 nitrogen and oxygen atoms in total. The van der Waals surface area contributed by atoms with Gasteiger partial charge in [0.15, 0.2) is 0 Å². The van der Waals surface area contributed by atoms with Crippen LogP contribution in [0, 0.1) is 5.41 Å². The van der Waals surface area contributed by atoms with Crippen LogP contribution in [-0.4, -0.2) is 35.0 Å². The highest BCUT2D eigenvalue weighted by Crippen LogP contribution is 2.40. The SMILES string of the molecule is O=C1CC2(C(=O)O)CCN1CC2. The van der Waals surface area contributed by atoms with Crippen LogP contribution in [0.3, 0.4) is 0 Å². The molecule has 2 bridgehead atoms. The van der Waals surface area contributed by atoms with Gasteiger partial charge in [0.2, 0.25) is 5.91 Å². The van der Waals surface area contributed by atoms with Gasteiger partial charge in [-0.1, -0.05) is 0 Å². The Bertz CT molecular complexity index is 239. The second kappa shape index (κ2) is 2.21. The van der Waals surface area contributed by atoms with Gasteiger partial charge in [0.05, 0.1) is 5.41 Å². The molecule has 0 radical (unpaired) electrons. The van der Waals surface area contributed by atoms with Crippen LogP contribution in [-0.2, 0) is 9.59 Å². The van der Waals surface area contributed by atoms with Gasteiger partial charge in [-0.15, -0.1) is 0 Å². The molecule has 0 atom stereocenters. The Labute approximate surface area is 70.2 Å². The number of carboxylic acid groups (broad SMARTS) is 1. The molecule has 3 aliphatic rings. The second-order valence-electron chi connectivity index (χ2n) is 3.64. The van der Waals surface area contributed by atoms with Crippen LogP contribution in [0.2, 0.25) is 0 Å². The van der Waals surface area contributed by atoms with Crippen molar-refractivity contribution in [1.82, 2.24) is 4.90 Å². The van der Waals surface area contributed by atoms with Gasteiger partial charge in [0.1, 0.15) is 0 Å². The van der Waals surface area contributed by atoms with E-state index in [1.807, 2.05) is 0 Å². The summed E-state index contributed by atoms with van der Waals surface area (Å²) in [6.07, 6.45) is 1.48. The Morgan fingerprint density at radius 1 is 1.42 bits per heavy atom. The fraction of sp³-hybridized carbons (Fsp3) is 0.750. The molecule has 3 heterocycles. The summed E-state index contributed by atoms with van der Waals surface area (Å²) in [6.45, 7) is 1.26. The van der Waals surface area contributed by atoms with Crippen molar-refractivity contribution in [2.75, 3.05) is 13.1 Å². The van der Waals surface area contributed by atoms with Crippen LogP contribution >= 0.6 is 0 Å². The molecular weight excluding hydrogens is 158 g/mol. The number of aliphatic carboxylic acids is 1. The molecule has 12 heavy (non-hydrogen) atoms. The number of amides is 1. The predicted octanol–water partition coefficient (Wildman–Crippen LogP) is 0.0835. The van der Waals surface area contributed by atoms with Crippen molar-refractivity contribution in [3.8, 4) is 0 Å². The number of carboxylic acids is 1. The van der Waals surface area contributed by atoms with Gasteiger partial charge in [-0.05, 0) is 12.8 Å². The minimum atomic E-state index is -0.796. The number of fused-ring (bicyclic) bond motifs is 3. The van der Waals surface area contributed by atoms with E-state index in [-0.39, 0.29) is 12.3 Å². The average Bonchev–Trinajstić information content (AvgIpc) is 2.05. The van der Waals surface area contributed by atoms with Gasteiger partial charge in [0, 0.05) is 19.5 Å². The molecule has 1 N–H and O–H groups in total. The fourth-order valence-corrected chi connectivity index (χ4v) is 2.05. The molecule has 66 valence electrons. The van der Waals surface area contributed by atoms with E-state index in [9.17, 15) is 9.59 Å². The first kappa shape index (κ1) is 7.58. The third-order valence-electron chi connectivity index (χ3n) is 3.02. The molecule has 3 aliphatic heterocycles. The van der Waals surface area contributed by atoms with E-state index < -0.39 is 11.4 Å². The standard InChI is InChI=1S/C8H11NO3/c10-6-5-8(7(11)12)1-3-9(6)4-2-8/h1-5H2,(H,11,12). The first-order valence-electron chi connectivity index (χ1n) is 4.15. The lowest BCUT2D eigenvalue weighted by atomic mass is 9.72. The van der Waals surface area contributed by atoms with Crippen molar-refractivity contribution >= 4 is 11.9 Å². The van der Waals surface area contributed by atoms with Crippen molar-refractivity contribution in [2.24, 2.45) is 5.41 Å². The van der Waals surface area contributed by atoms with Gasteiger partial charge in [0.25, 0.3) is 0 Å². The zero-order valence-electron chi connectivity index (χ0n) is 6.75. The summed E-state index contributed by atoms with van der Waals surface area (Å²) < 4.78 is 0. The smallest absolute Gasteiger partial charge is 0.310 e. The van der Waals surface area contributed by atoms with Gasteiger partial charge >= 0.3 is 5.97 Å². The van der Waals surface area contributed by atoms with Crippen molar-refractivity contribution in [3.05, 3.63) is 0 Å². The highest BCUT2D eigenvalue weighted by atomic mass is 16.4. The third-order valence-corrected chi connectivity index (χ3v) is 3.02. The zero-order chi connectivity index (χ0) is 8.77. The van der Waals surface area contributed by atoms with E-state index in [1.165, 1.54) is 0 Å². The fourth-order valence-electron chi connectivity index (χ4n) is 2.05. The highest BCUT2D eigenvalue weighted by Gasteiger charge is 2.49. The van der Waals surface area contributed by atoms with Gasteiger partial charge in [-0.25, -0.2) is 0 Å². The van der Waals surface area contributed by atoms with E-state index in [2.05, 4.69) is 0 Å². The molecule has 0 unspecified atom stereocenters. The third kappa shape index (κ3) is 0.838. The molecule has 1 amide bonds. The molecule has 0 aliphatic carbocycles. The molecule has 4 heteroatoms. The first-order chi connectivity index (χ1) is 5.64. The largest absolute Gasteiger partial charge is 0.481 e. The van der Waals surface area contributed by atoms with Gasteiger partial charge in [-0.2, -0.15) is 0 Å². The van der Waals surface area contributed by atoms with Crippen LogP contribution in [0.15, 0.2) is 0 Å². The number of hydrogen-bond donors (Lipinski definition) is 1. The monoisotopic (exact) mass is 169 g/mol. The van der Waals surface area contributed by atoms with Crippen molar-refractivity contribution in [3.63, 3.8) is 0 Å². The van der Waals surface area contributed by atoms with Crippen molar-refractivity contribution < 1.29 is 14.7 Å². The molecule has 0 aromatic carbocycles. The number of nitrogens with zero attached hydrogens (tertiary/aromatic N) is 1. The lowest BCUT2D eigenvalue weighted by Crippen LogP contribution is -2.54. The summed E-state index contributed by atoms with van der Waals surface area (Å²) >= 11 is 0. The summed E-state index contributed by atoms with van der Waals surface area (Å²) in [5.41, 5.74) is -0.716. The zero-order valence-corrected chi connectivity index (χ0v) is 6.75. The molecule has 0 spiro atoms. The maximum atomic E-state index is 11.2. The Morgan fingerprint density at radius 3 is 2.33 bits per heavy atom. The molecule has 3 fully saturated rings. The normalized spacial score (nSPS) is 26.0. The van der Waals surface area contributed by atoms with Crippen molar-refractivity contribution in [2.45, 2.75) is 19.3 Å². The second-order valence-corrected chi connectivity index (χ2v) is 3.64. The number of rotatable bonds is 1.